The number of benzene rings is 1. The highest BCUT2D eigenvalue weighted by molar-refractivity contribution is 6.38. The van der Waals surface area contributed by atoms with E-state index in [1.54, 1.807) is 13.1 Å². The van der Waals surface area contributed by atoms with Gasteiger partial charge < -0.3 is 15.6 Å². The number of hydrogen-bond acceptors (Lipinski definition) is 4. The van der Waals surface area contributed by atoms with Crippen LogP contribution in [0, 0.1) is 0 Å². The molecule has 0 spiro atoms. The fourth-order valence-electron chi connectivity index (χ4n) is 3.10. The molecular weight excluding hydrogens is 330 g/mol. The van der Waals surface area contributed by atoms with Gasteiger partial charge in [0.05, 0.1) is 6.04 Å². The first kappa shape index (κ1) is 19.8. The van der Waals surface area contributed by atoms with E-state index in [9.17, 15) is 14.4 Å². The molecule has 1 amide bonds. The molecule has 1 heterocycles. The normalized spacial score (nSPS) is 13.4. The van der Waals surface area contributed by atoms with Gasteiger partial charge in [0.25, 0.3) is 5.91 Å². The van der Waals surface area contributed by atoms with Crippen LogP contribution in [0.1, 0.15) is 49.5 Å². The first-order valence-corrected chi connectivity index (χ1v) is 9.00. The van der Waals surface area contributed by atoms with E-state index in [-0.39, 0.29) is 11.8 Å². The third-order valence-electron chi connectivity index (χ3n) is 4.54. The molecule has 0 radical (unpaired) electrons. The van der Waals surface area contributed by atoms with Gasteiger partial charge in [0, 0.05) is 28.7 Å². The van der Waals surface area contributed by atoms with E-state index >= 15 is 0 Å². The van der Waals surface area contributed by atoms with Crippen molar-refractivity contribution in [1.82, 2.24) is 15.6 Å². The maximum atomic E-state index is 12.2. The Balaban J connectivity index is 2.07. The molecule has 6 nitrogen and oxygen atoms in total. The van der Waals surface area contributed by atoms with Crippen molar-refractivity contribution in [3.63, 3.8) is 0 Å². The lowest BCUT2D eigenvalue weighted by atomic mass is 10.0. The molecule has 1 aromatic heterocycles. The minimum atomic E-state index is -0.561. The van der Waals surface area contributed by atoms with Crippen molar-refractivity contribution < 1.29 is 14.4 Å². The lowest BCUT2D eigenvalue weighted by Crippen LogP contribution is -2.47. The molecule has 0 aliphatic heterocycles. The summed E-state index contributed by atoms with van der Waals surface area (Å²) in [6, 6.07) is 4.89. The van der Waals surface area contributed by atoms with Crippen LogP contribution < -0.4 is 10.6 Å². The average molecular weight is 357 g/mol. The molecule has 0 saturated carbocycles. The van der Waals surface area contributed by atoms with Crippen LogP contribution in [0.4, 0.5) is 0 Å². The van der Waals surface area contributed by atoms with Gasteiger partial charge in [-0.25, -0.2) is 0 Å². The summed E-state index contributed by atoms with van der Waals surface area (Å²) in [6.45, 7) is 5.38. The number of fused-ring (bicyclic) bond motifs is 1. The van der Waals surface area contributed by atoms with Gasteiger partial charge in [-0.05, 0) is 57.5 Å². The van der Waals surface area contributed by atoms with Crippen LogP contribution in [0.5, 0.6) is 0 Å². The minimum Gasteiger partial charge on any atom is -0.361 e. The summed E-state index contributed by atoms with van der Waals surface area (Å²) in [5.74, 6) is -0.978. The first-order chi connectivity index (χ1) is 12.4. The molecule has 0 fully saturated rings. The van der Waals surface area contributed by atoms with Gasteiger partial charge in [-0.3, -0.25) is 14.4 Å². The molecule has 6 heteroatoms. The average Bonchev–Trinajstić information content (AvgIpc) is 3.00. The molecule has 2 unspecified atom stereocenters. The number of H-pyrrole nitrogens is 1. The second-order valence-corrected chi connectivity index (χ2v) is 6.70. The third-order valence-corrected chi connectivity index (χ3v) is 4.54. The molecular formula is C20H27N3O3. The second-order valence-electron chi connectivity index (χ2n) is 6.70. The Bertz CT molecular complexity index is 810. The molecule has 3 N–H and O–H groups in total. The van der Waals surface area contributed by atoms with E-state index in [0.29, 0.717) is 18.4 Å². The SMILES string of the molecule is CCCC(NC)C(=O)C(=O)NC(C)Cc1c[nH]c2ccc(C(C)=O)cc12. The summed E-state index contributed by atoms with van der Waals surface area (Å²) < 4.78 is 0. The lowest BCUT2D eigenvalue weighted by molar-refractivity contribution is -0.139. The Hall–Kier alpha value is -2.47. The van der Waals surface area contributed by atoms with Crippen LogP contribution in [0.3, 0.4) is 0 Å². The highest BCUT2D eigenvalue weighted by Gasteiger charge is 2.24. The summed E-state index contributed by atoms with van der Waals surface area (Å²) in [7, 11) is 1.69. The Morgan fingerprint density at radius 1 is 1.23 bits per heavy atom. The fourth-order valence-corrected chi connectivity index (χ4v) is 3.10. The number of ketones is 2. The van der Waals surface area contributed by atoms with Gasteiger partial charge in [-0.2, -0.15) is 0 Å². The third kappa shape index (κ3) is 4.58. The van der Waals surface area contributed by atoms with Gasteiger partial charge in [0.2, 0.25) is 5.78 Å². The Morgan fingerprint density at radius 2 is 1.96 bits per heavy atom. The molecule has 2 atom stereocenters. The van der Waals surface area contributed by atoms with Gasteiger partial charge >= 0.3 is 0 Å². The van der Waals surface area contributed by atoms with Crippen molar-refractivity contribution in [2.24, 2.45) is 0 Å². The number of rotatable bonds is 9. The van der Waals surface area contributed by atoms with Crippen LogP contribution in [-0.2, 0) is 16.0 Å². The van der Waals surface area contributed by atoms with Gasteiger partial charge in [-0.1, -0.05) is 13.3 Å². The lowest BCUT2D eigenvalue weighted by Gasteiger charge is -2.17. The van der Waals surface area contributed by atoms with Crippen molar-refractivity contribution in [3.8, 4) is 0 Å². The van der Waals surface area contributed by atoms with Gasteiger partial charge in [0.15, 0.2) is 5.78 Å². The standard InChI is InChI=1S/C20H27N3O3/c1-5-6-18(21-4)19(25)20(26)23-12(2)9-15-11-22-17-8-7-14(13(3)24)10-16(15)17/h7-8,10-12,18,21-22H,5-6,9H2,1-4H3,(H,23,26). The number of carbonyl (C=O) groups is 3. The molecule has 0 bridgehead atoms. The number of carbonyl (C=O) groups excluding carboxylic acids is 3. The molecule has 2 aromatic rings. The number of aromatic nitrogens is 1. The van der Waals surface area contributed by atoms with Crippen LogP contribution in [0.2, 0.25) is 0 Å². The topological polar surface area (TPSA) is 91.1 Å². The van der Waals surface area contributed by atoms with Crippen molar-refractivity contribution in [2.75, 3.05) is 7.05 Å². The summed E-state index contributed by atoms with van der Waals surface area (Å²) in [5, 5.41) is 6.64. The molecule has 1 aromatic carbocycles. The van der Waals surface area contributed by atoms with E-state index < -0.39 is 17.7 Å². The zero-order valence-corrected chi connectivity index (χ0v) is 15.8. The number of nitrogens with one attached hydrogen (secondary N) is 3. The van der Waals surface area contributed by atoms with Crippen molar-refractivity contribution >= 4 is 28.4 Å². The zero-order valence-electron chi connectivity index (χ0n) is 15.8. The Labute approximate surface area is 153 Å². The quantitative estimate of drug-likeness (QED) is 0.475. The first-order valence-electron chi connectivity index (χ1n) is 9.00. The predicted molar refractivity (Wildman–Crippen MR) is 102 cm³/mol. The monoisotopic (exact) mass is 357 g/mol. The second kappa shape index (κ2) is 8.76. The van der Waals surface area contributed by atoms with E-state index in [2.05, 4.69) is 15.6 Å². The van der Waals surface area contributed by atoms with Gasteiger partial charge in [0.1, 0.15) is 0 Å². The zero-order chi connectivity index (χ0) is 19.3. The predicted octanol–water partition coefficient (Wildman–Crippen LogP) is 2.37. The van der Waals surface area contributed by atoms with E-state index in [4.69, 9.17) is 0 Å². The number of amides is 1. The Kier molecular flexibility index (Phi) is 6.69. The maximum absolute atomic E-state index is 12.2. The summed E-state index contributed by atoms with van der Waals surface area (Å²) >= 11 is 0. The van der Waals surface area contributed by atoms with E-state index in [1.807, 2.05) is 32.2 Å². The van der Waals surface area contributed by atoms with Crippen molar-refractivity contribution in [3.05, 3.63) is 35.5 Å². The largest absolute Gasteiger partial charge is 0.361 e. The molecule has 0 saturated heterocycles. The van der Waals surface area contributed by atoms with Crippen LogP contribution in [-0.4, -0.2) is 41.6 Å². The number of Topliss-reactive ketones (excluding diaryl/α,β-unsaturated/α-hetero) is 2. The molecule has 2 rings (SSSR count). The van der Waals surface area contributed by atoms with E-state index in [0.717, 1.165) is 22.9 Å². The molecule has 26 heavy (non-hydrogen) atoms. The molecule has 0 aliphatic carbocycles. The molecule has 0 aliphatic rings. The van der Waals surface area contributed by atoms with Crippen LogP contribution >= 0.6 is 0 Å². The van der Waals surface area contributed by atoms with Crippen molar-refractivity contribution in [2.45, 2.75) is 52.1 Å². The Morgan fingerprint density at radius 3 is 2.58 bits per heavy atom. The van der Waals surface area contributed by atoms with Crippen LogP contribution in [0.15, 0.2) is 24.4 Å². The minimum absolute atomic E-state index is 0.0139. The van der Waals surface area contributed by atoms with Gasteiger partial charge in [-0.15, -0.1) is 0 Å². The van der Waals surface area contributed by atoms with E-state index in [1.165, 1.54) is 6.92 Å². The highest BCUT2D eigenvalue weighted by atomic mass is 16.2. The van der Waals surface area contributed by atoms with Crippen LogP contribution in [0.25, 0.3) is 10.9 Å². The maximum Gasteiger partial charge on any atom is 0.289 e. The summed E-state index contributed by atoms with van der Waals surface area (Å²) in [6.07, 6.45) is 3.91. The number of likely N-dealkylation sites (N-methyl/N-ethyl adjacent to an activating group) is 1. The highest BCUT2D eigenvalue weighted by Crippen LogP contribution is 2.21. The summed E-state index contributed by atoms with van der Waals surface area (Å²) in [4.78, 5) is 39.2. The summed E-state index contributed by atoms with van der Waals surface area (Å²) in [5.41, 5.74) is 2.60. The number of hydrogen-bond donors (Lipinski definition) is 3. The fraction of sp³-hybridized carbons (Fsp3) is 0.450. The number of aromatic amines is 1. The van der Waals surface area contributed by atoms with Crippen molar-refractivity contribution in [1.29, 1.82) is 0 Å². The molecule has 140 valence electrons. The smallest absolute Gasteiger partial charge is 0.289 e.